The molecule has 30 heavy (non-hydrogen) atoms. The van der Waals surface area contributed by atoms with Gasteiger partial charge in [0.05, 0.1) is 11.5 Å². The molecule has 0 atom stereocenters. The zero-order valence-electron chi connectivity index (χ0n) is 15.7. The molecule has 0 bridgehead atoms. The average molecular weight is 434 g/mol. The summed E-state index contributed by atoms with van der Waals surface area (Å²) in [5, 5.41) is 2.83. The first-order chi connectivity index (χ1) is 14.3. The van der Waals surface area contributed by atoms with Crippen LogP contribution >= 0.6 is 11.6 Å². The summed E-state index contributed by atoms with van der Waals surface area (Å²) in [4.78, 5) is 3.54. The van der Waals surface area contributed by atoms with Gasteiger partial charge in [-0.05, 0) is 36.4 Å². The molecule has 8 heteroatoms. The first-order valence-corrected chi connectivity index (χ1v) is 9.44. The van der Waals surface area contributed by atoms with Crippen molar-refractivity contribution < 1.29 is 26.7 Å². The summed E-state index contributed by atoms with van der Waals surface area (Å²) in [6.07, 6.45) is 0. The van der Waals surface area contributed by atoms with Crippen LogP contribution < -0.4 is 10.3 Å². The lowest BCUT2D eigenvalue weighted by Gasteiger charge is -2.03. The molecule has 0 saturated heterocycles. The fraction of sp³-hybridized carbons (Fsp3) is 0.0455. The van der Waals surface area contributed by atoms with Crippen LogP contribution in [0.15, 0.2) is 89.3 Å². The van der Waals surface area contributed by atoms with E-state index in [-0.39, 0.29) is 0 Å². The van der Waals surface area contributed by atoms with Gasteiger partial charge in [0.1, 0.15) is 11.3 Å². The molecule has 0 aliphatic rings. The Morgan fingerprint density at radius 3 is 2.07 bits per heavy atom. The molecule has 1 N–H and O–H groups in total. The van der Waals surface area contributed by atoms with E-state index in [1.807, 2.05) is 48.5 Å². The van der Waals surface area contributed by atoms with Crippen molar-refractivity contribution in [1.29, 1.82) is 0 Å². The number of halogens is 5. The second-order valence-corrected chi connectivity index (χ2v) is 6.80. The average Bonchev–Trinajstić information content (AvgIpc) is 2.72. The van der Waals surface area contributed by atoms with Crippen LogP contribution in [0.25, 0.3) is 22.3 Å². The van der Waals surface area contributed by atoms with Crippen molar-refractivity contribution in [3.8, 4) is 11.3 Å². The van der Waals surface area contributed by atoms with Crippen molar-refractivity contribution in [3.05, 3.63) is 101 Å². The van der Waals surface area contributed by atoms with E-state index < -0.39 is 7.25 Å². The van der Waals surface area contributed by atoms with Crippen LogP contribution in [0.2, 0.25) is 5.02 Å². The van der Waals surface area contributed by atoms with E-state index in [9.17, 15) is 17.3 Å². The van der Waals surface area contributed by atoms with E-state index in [2.05, 4.69) is 41.4 Å². The first kappa shape index (κ1) is 21.6. The minimum Gasteiger partial charge on any atom is -0.456 e. The lowest BCUT2D eigenvalue weighted by atomic mass is 10.1. The summed E-state index contributed by atoms with van der Waals surface area (Å²) in [5.74, 6) is 0.811. The highest BCUT2D eigenvalue weighted by molar-refractivity contribution is 6.50. The quantitative estimate of drug-likeness (QED) is 0.347. The molecule has 0 aliphatic carbocycles. The smallest absolute Gasteiger partial charge is 0.456 e. The molecule has 0 spiro atoms. The topological polar surface area (TPSA) is 27.1 Å². The van der Waals surface area contributed by atoms with Gasteiger partial charge in [0.2, 0.25) is 5.36 Å². The third-order valence-corrected chi connectivity index (χ3v) is 4.38. The Morgan fingerprint density at radius 1 is 0.800 bits per heavy atom. The number of para-hydroxylation sites is 1. The van der Waals surface area contributed by atoms with E-state index in [1.54, 1.807) is 0 Å². The molecule has 4 rings (SSSR count). The summed E-state index contributed by atoms with van der Waals surface area (Å²) in [6, 6.07) is 28.2. The van der Waals surface area contributed by atoms with Gasteiger partial charge in [-0.1, -0.05) is 54.1 Å². The second kappa shape index (κ2) is 9.63. The third-order valence-electron chi connectivity index (χ3n) is 4.13. The van der Waals surface area contributed by atoms with Gasteiger partial charge in [-0.3, -0.25) is 0 Å². The van der Waals surface area contributed by atoms with Crippen molar-refractivity contribution >= 4 is 29.8 Å². The highest BCUT2D eigenvalue weighted by Gasteiger charge is 2.20. The maximum absolute atomic E-state index is 9.75. The third kappa shape index (κ3) is 6.49. The van der Waals surface area contributed by atoms with Crippen LogP contribution in [0.3, 0.4) is 0 Å². The van der Waals surface area contributed by atoms with Gasteiger partial charge >= 0.3 is 7.25 Å². The maximum atomic E-state index is 9.75. The van der Waals surface area contributed by atoms with Crippen LogP contribution in [-0.4, -0.2) is 7.25 Å². The summed E-state index contributed by atoms with van der Waals surface area (Å²) in [5.41, 5.74) is 3.09. The molecule has 4 aromatic rings. The molecule has 1 heterocycles. The predicted molar refractivity (Wildman–Crippen MR) is 111 cm³/mol. The minimum atomic E-state index is -6.00. The van der Waals surface area contributed by atoms with E-state index >= 15 is 0 Å². The molecule has 0 aliphatic heterocycles. The molecule has 1 aromatic heterocycles. The largest absolute Gasteiger partial charge is 0.673 e. The highest BCUT2D eigenvalue weighted by Crippen LogP contribution is 2.23. The van der Waals surface area contributed by atoms with Gasteiger partial charge in [0, 0.05) is 16.1 Å². The zero-order valence-corrected chi connectivity index (χ0v) is 16.4. The Hall–Kier alpha value is -3.06. The number of benzene rings is 3. The molecule has 0 fully saturated rings. The molecule has 2 nitrogen and oxygen atoms in total. The van der Waals surface area contributed by atoms with Crippen LogP contribution in [-0.2, 0) is 6.54 Å². The monoisotopic (exact) mass is 433 g/mol. The van der Waals surface area contributed by atoms with Crippen molar-refractivity contribution in [3.63, 3.8) is 0 Å². The van der Waals surface area contributed by atoms with Gasteiger partial charge in [-0.15, -0.1) is 0 Å². The van der Waals surface area contributed by atoms with Gasteiger partial charge in [-0.2, -0.15) is 0 Å². The minimum absolute atomic E-state index is 0.715. The molecule has 3 aromatic carbocycles. The van der Waals surface area contributed by atoms with Crippen LogP contribution in [0, 0.1) is 0 Å². The molecule has 0 radical (unpaired) electrons. The Bertz CT molecular complexity index is 1170. The molecular weight excluding hydrogens is 417 g/mol. The summed E-state index contributed by atoms with van der Waals surface area (Å²) >= 11 is 6.00. The Labute approximate surface area is 175 Å². The Kier molecular flexibility index (Phi) is 6.95. The van der Waals surface area contributed by atoms with Gasteiger partial charge in [0.25, 0.3) is 0 Å². The van der Waals surface area contributed by atoms with Crippen molar-refractivity contribution in [2.75, 3.05) is 0 Å². The number of hydrogen-bond acceptors (Lipinski definition) is 1. The molecular formula is C22H17BClF4NO. The highest BCUT2D eigenvalue weighted by atomic mass is 35.5. The fourth-order valence-electron chi connectivity index (χ4n) is 2.83. The van der Waals surface area contributed by atoms with E-state index in [0.717, 1.165) is 34.2 Å². The van der Waals surface area contributed by atoms with Gasteiger partial charge in [0.15, 0.2) is 6.54 Å². The second-order valence-electron chi connectivity index (χ2n) is 6.36. The van der Waals surface area contributed by atoms with E-state index in [1.165, 1.54) is 5.56 Å². The van der Waals surface area contributed by atoms with E-state index in [0.29, 0.717) is 5.02 Å². The number of rotatable bonds is 3. The molecule has 154 valence electrons. The summed E-state index contributed by atoms with van der Waals surface area (Å²) in [7, 11) is -6.00. The molecule has 0 amide bonds. The number of fused-ring (bicyclic) bond motifs is 1. The Balaban J connectivity index is 0.000000461. The normalized spacial score (nSPS) is 11.8. The molecule has 0 saturated carbocycles. The van der Waals surface area contributed by atoms with Gasteiger partial charge in [-0.25, -0.2) is 4.99 Å². The first-order valence-electron chi connectivity index (χ1n) is 9.06. The molecule has 0 unspecified atom stereocenters. The van der Waals surface area contributed by atoms with Crippen LogP contribution in [0.5, 0.6) is 0 Å². The van der Waals surface area contributed by atoms with Crippen LogP contribution in [0.4, 0.5) is 17.3 Å². The van der Waals surface area contributed by atoms with Crippen molar-refractivity contribution in [1.82, 2.24) is 0 Å². The zero-order chi connectivity index (χ0) is 21.6. The van der Waals surface area contributed by atoms with Crippen molar-refractivity contribution in [2.24, 2.45) is 0 Å². The van der Waals surface area contributed by atoms with Crippen molar-refractivity contribution in [2.45, 2.75) is 6.54 Å². The summed E-state index contributed by atoms with van der Waals surface area (Å²) < 4.78 is 45.1. The lowest BCUT2D eigenvalue weighted by Crippen LogP contribution is -2.75. The Morgan fingerprint density at radius 2 is 1.40 bits per heavy atom. The number of hydrogen-bond donors (Lipinski definition) is 1. The van der Waals surface area contributed by atoms with Gasteiger partial charge < -0.3 is 21.7 Å². The SMILES string of the molecule is Clc1ccc(-c2cc(=[NH+]Cc3ccccc3)c3ccccc3o2)cc1.F[B-](F)(F)F. The maximum Gasteiger partial charge on any atom is 0.673 e. The van der Waals surface area contributed by atoms with Crippen LogP contribution in [0.1, 0.15) is 5.56 Å². The number of nitrogens with one attached hydrogen (secondary N) is 1. The fourth-order valence-corrected chi connectivity index (χ4v) is 2.96. The summed E-state index contributed by atoms with van der Waals surface area (Å²) in [6.45, 7) is 0.759. The lowest BCUT2D eigenvalue weighted by molar-refractivity contribution is -0.516. The predicted octanol–water partition coefficient (Wildman–Crippen LogP) is 5.23. The van der Waals surface area contributed by atoms with E-state index in [4.69, 9.17) is 16.0 Å². The standard InChI is InChI=1S/C22H16ClNO.BF4/c23-18-12-10-17(11-13-18)22-14-20(19-8-4-5-9-21(19)25-22)24-15-16-6-2-1-3-7-16;2-1(3,4)5/h1-14H,15H2;/q;-1/p+1.